The van der Waals surface area contributed by atoms with E-state index in [1.165, 1.54) is 4.90 Å². The largest absolute Gasteiger partial charge is 0.490 e. The van der Waals surface area contributed by atoms with Crippen LogP contribution in [0.2, 0.25) is 0 Å². The second kappa shape index (κ2) is 12.6. The fraction of sp³-hybridized carbons (Fsp3) is 0.269. The summed E-state index contributed by atoms with van der Waals surface area (Å²) in [6.07, 6.45) is -5.33. The Morgan fingerprint density at radius 2 is 1.59 bits per heavy atom. The number of halogens is 3. The van der Waals surface area contributed by atoms with Crippen LogP contribution in [0, 0.1) is 17.3 Å². The first-order valence-corrected chi connectivity index (χ1v) is 11.4. The quantitative estimate of drug-likeness (QED) is 0.254. The second-order valence-electron chi connectivity index (χ2n) is 8.50. The molecule has 0 atom stereocenters. The Bertz CT molecular complexity index is 1340. The first-order valence-electron chi connectivity index (χ1n) is 11.4. The van der Waals surface area contributed by atoms with E-state index in [0.29, 0.717) is 22.4 Å². The van der Waals surface area contributed by atoms with Crippen LogP contribution in [0.3, 0.4) is 0 Å². The van der Waals surface area contributed by atoms with Gasteiger partial charge in [0.15, 0.2) is 0 Å². The minimum Gasteiger partial charge on any atom is -0.481 e. The smallest absolute Gasteiger partial charge is 0.481 e. The molecule has 0 saturated heterocycles. The molecule has 206 valence electrons. The standard InChI is InChI=1S/C24H24N4O4.C2HF3O2/c1-15(2)28-20-10-7-17(4-3-16-5-8-18(9-6-16)23(25)26)13-19(20)24(32)27(14-21(28)29)12-11-22(30)31;3-2(4,5)1(6)7/h5-10,13,15H,11-12,14H2,1-2H3,(H3,25,26)(H,30,31);(H,6,7). The first-order chi connectivity index (χ1) is 18.1. The molecule has 0 saturated carbocycles. The van der Waals surface area contributed by atoms with Crippen molar-refractivity contribution >= 4 is 35.3 Å². The number of alkyl halides is 3. The zero-order chi connectivity index (χ0) is 29.5. The molecule has 0 spiro atoms. The number of carboxylic acid groups (broad SMARTS) is 2. The number of nitrogens with two attached hydrogens (primary N) is 1. The molecule has 2 aromatic carbocycles. The van der Waals surface area contributed by atoms with E-state index in [9.17, 15) is 27.6 Å². The van der Waals surface area contributed by atoms with Crippen LogP contribution < -0.4 is 10.6 Å². The number of amides is 2. The van der Waals surface area contributed by atoms with Crippen molar-refractivity contribution in [3.63, 3.8) is 0 Å². The van der Waals surface area contributed by atoms with Crippen molar-refractivity contribution in [1.82, 2.24) is 4.90 Å². The first kappa shape index (κ1) is 30.4. The molecular weight excluding hydrogens is 521 g/mol. The normalized spacial score (nSPS) is 13.0. The second-order valence-corrected chi connectivity index (χ2v) is 8.50. The van der Waals surface area contributed by atoms with Crippen LogP contribution in [0.5, 0.6) is 0 Å². The van der Waals surface area contributed by atoms with E-state index in [0.717, 1.165) is 5.56 Å². The monoisotopic (exact) mass is 546 g/mol. The minimum atomic E-state index is -5.08. The molecule has 0 bridgehead atoms. The van der Waals surface area contributed by atoms with Crippen LogP contribution in [-0.2, 0) is 14.4 Å². The Hall–Kier alpha value is -4.86. The fourth-order valence-electron chi connectivity index (χ4n) is 3.47. The lowest BCUT2D eigenvalue weighted by molar-refractivity contribution is -0.192. The van der Waals surface area contributed by atoms with Gasteiger partial charge in [0.05, 0.1) is 17.7 Å². The van der Waals surface area contributed by atoms with Crippen LogP contribution in [0.25, 0.3) is 0 Å². The van der Waals surface area contributed by atoms with Gasteiger partial charge in [-0.2, -0.15) is 13.2 Å². The van der Waals surface area contributed by atoms with Gasteiger partial charge in [-0.05, 0) is 44.2 Å². The summed E-state index contributed by atoms with van der Waals surface area (Å²) >= 11 is 0. The van der Waals surface area contributed by atoms with Crippen LogP contribution in [0.4, 0.5) is 18.9 Å². The van der Waals surface area contributed by atoms with E-state index in [-0.39, 0.29) is 37.3 Å². The Labute approximate surface area is 221 Å². The highest BCUT2D eigenvalue weighted by Crippen LogP contribution is 2.28. The van der Waals surface area contributed by atoms with Gasteiger partial charge in [0.1, 0.15) is 12.4 Å². The van der Waals surface area contributed by atoms with Crippen molar-refractivity contribution in [3.05, 3.63) is 64.7 Å². The van der Waals surface area contributed by atoms with Crippen molar-refractivity contribution in [3.8, 4) is 11.8 Å². The average Bonchev–Trinajstić information content (AvgIpc) is 2.95. The number of nitrogen functional groups attached to an aromatic ring is 1. The van der Waals surface area contributed by atoms with Crippen LogP contribution in [0.1, 0.15) is 47.3 Å². The number of carbonyl (C=O) groups is 4. The molecule has 0 aliphatic carbocycles. The molecule has 1 heterocycles. The molecule has 2 amide bonds. The molecule has 39 heavy (non-hydrogen) atoms. The predicted molar refractivity (Wildman–Crippen MR) is 134 cm³/mol. The van der Waals surface area contributed by atoms with Gasteiger partial charge in [0, 0.05) is 29.3 Å². The van der Waals surface area contributed by atoms with Gasteiger partial charge in [0.2, 0.25) is 5.91 Å². The lowest BCUT2D eigenvalue weighted by Gasteiger charge is -2.26. The fourth-order valence-corrected chi connectivity index (χ4v) is 3.47. The molecule has 1 aliphatic heterocycles. The number of carbonyl (C=O) groups excluding carboxylic acids is 2. The highest BCUT2D eigenvalue weighted by molar-refractivity contribution is 6.10. The molecular formula is C26H25F3N4O6. The summed E-state index contributed by atoms with van der Waals surface area (Å²) < 4.78 is 31.7. The summed E-state index contributed by atoms with van der Waals surface area (Å²) in [6.45, 7) is 3.49. The van der Waals surface area contributed by atoms with E-state index in [1.807, 2.05) is 13.8 Å². The molecule has 2 aromatic rings. The number of nitrogens with zero attached hydrogens (tertiary/aromatic N) is 2. The van der Waals surface area contributed by atoms with Gasteiger partial charge in [-0.15, -0.1) is 0 Å². The number of nitrogens with one attached hydrogen (secondary N) is 1. The Morgan fingerprint density at radius 1 is 1.05 bits per heavy atom. The van der Waals surface area contributed by atoms with Crippen molar-refractivity contribution in [2.45, 2.75) is 32.5 Å². The van der Waals surface area contributed by atoms with E-state index in [1.54, 1.807) is 47.4 Å². The highest BCUT2D eigenvalue weighted by Gasteiger charge is 2.38. The number of amidine groups is 1. The molecule has 10 nitrogen and oxygen atoms in total. The molecule has 13 heteroatoms. The number of benzene rings is 2. The van der Waals surface area contributed by atoms with E-state index in [2.05, 4.69) is 11.8 Å². The van der Waals surface area contributed by atoms with Gasteiger partial charge in [0.25, 0.3) is 5.91 Å². The lowest BCUT2D eigenvalue weighted by atomic mass is 10.1. The minimum absolute atomic E-state index is 0.0227. The summed E-state index contributed by atoms with van der Waals surface area (Å²) in [5, 5.41) is 23.6. The maximum absolute atomic E-state index is 13.2. The topological polar surface area (TPSA) is 165 Å². The summed E-state index contributed by atoms with van der Waals surface area (Å²) in [5.74, 6) is 1.56. The van der Waals surface area contributed by atoms with Crippen LogP contribution >= 0.6 is 0 Å². The SMILES string of the molecule is CC(C)N1C(=O)CN(CCC(=O)O)C(=O)c2cc(C#Cc3ccc(C(=N)N)cc3)ccc21.O=C(O)C(F)(F)F. The van der Waals surface area contributed by atoms with Gasteiger partial charge < -0.3 is 25.7 Å². The number of hydrogen-bond donors (Lipinski definition) is 4. The molecule has 3 rings (SSSR count). The van der Waals surface area contributed by atoms with Crippen molar-refractivity contribution in [2.75, 3.05) is 18.0 Å². The Morgan fingerprint density at radius 3 is 2.08 bits per heavy atom. The molecule has 0 unspecified atom stereocenters. The molecule has 1 aliphatic rings. The van der Waals surface area contributed by atoms with Crippen molar-refractivity contribution in [2.24, 2.45) is 5.73 Å². The number of fused-ring (bicyclic) bond motifs is 1. The van der Waals surface area contributed by atoms with Crippen molar-refractivity contribution in [1.29, 1.82) is 5.41 Å². The van der Waals surface area contributed by atoms with Gasteiger partial charge >= 0.3 is 18.1 Å². The van der Waals surface area contributed by atoms with Crippen molar-refractivity contribution < 1.29 is 42.6 Å². The molecule has 0 aromatic heterocycles. The maximum Gasteiger partial charge on any atom is 0.490 e. The third kappa shape index (κ3) is 8.32. The van der Waals surface area contributed by atoms with Crippen LogP contribution in [0.15, 0.2) is 42.5 Å². The van der Waals surface area contributed by atoms with E-state index >= 15 is 0 Å². The summed E-state index contributed by atoms with van der Waals surface area (Å²) in [6, 6.07) is 11.8. The summed E-state index contributed by atoms with van der Waals surface area (Å²) in [5.41, 5.74) is 8.18. The van der Waals surface area contributed by atoms with E-state index in [4.69, 9.17) is 26.2 Å². The number of anilines is 1. The summed E-state index contributed by atoms with van der Waals surface area (Å²) in [4.78, 5) is 48.7. The zero-order valence-electron chi connectivity index (χ0n) is 20.9. The Balaban J connectivity index is 0.000000673. The van der Waals surface area contributed by atoms with Crippen LogP contribution in [-0.4, -0.2) is 70.0 Å². The third-order valence-corrected chi connectivity index (χ3v) is 5.27. The number of aliphatic carboxylic acids is 2. The van der Waals surface area contributed by atoms with E-state index < -0.39 is 24.0 Å². The molecule has 5 N–H and O–H groups in total. The number of carboxylic acids is 2. The molecule has 0 radical (unpaired) electrons. The predicted octanol–water partition coefficient (Wildman–Crippen LogP) is 2.68. The highest BCUT2D eigenvalue weighted by atomic mass is 19.4. The van der Waals surface area contributed by atoms with Gasteiger partial charge in [-0.25, -0.2) is 4.79 Å². The van der Waals surface area contributed by atoms with Gasteiger partial charge in [-0.3, -0.25) is 19.8 Å². The average molecular weight is 547 g/mol. The maximum atomic E-state index is 13.2. The van der Waals surface area contributed by atoms with Gasteiger partial charge in [-0.1, -0.05) is 24.0 Å². The zero-order valence-corrected chi connectivity index (χ0v) is 20.9. The Kier molecular flexibility index (Phi) is 9.80. The lowest BCUT2D eigenvalue weighted by Crippen LogP contribution is -2.42. The molecule has 0 fully saturated rings. The number of hydrogen-bond acceptors (Lipinski definition) is 5. The number of rotatable bonds is 5. The third-order valence-electron chi connectivity index (χ3n) is 5.27. The summed E-state index contributed by atoms with van der Waals surface area (Å²) in [7, 11) is 0.